The van der Waals surface area contributed by atoms with Crippen molar-refractivity contribution in [3.8, 4) is 0 Å². The Balaban J connectivity index is 0.000000845. The minimum absolute atomic E-state index is 0. The SMILES string of the molecule is CC(=O)O[C@H]1[CH][C@H]2C[C@@H]1[C@H](O)C2.[Cl-].[Hg+]. The Hall–Kier alpha value is 0.655. The Morgan fingerprint density at radius 3 is 2.57 bits per heavy atom. The van der Waals surface area contributed by atoms with Crippen molar-refractivity contribution in [1.82, 2.24) is 0 Å². The number of fused-ring (bicyclic) bond motifs is 2. The molecule has 0 aromatic heterocycles. The summed E-state index contributed by atoms with van der Waals surface area (Å²) in [6.45, 7) is 1.41. The van der Waals surface area contributed by atoms with Gasteiger partial charge in [0.05, 0.1) is 6.10 Å². The molecule has 0 heterocycles. The Bertz CT molecular complexity index is 212. The molecular formula is C9H13ClHgO3. The zero-order valence-corrected chi connectivity index (χ0v) is 14.4. The van der Waals surface area contributed by atoms with Gasteiger partial charge in [0.2, 0.25) is 0 Å². The Morgan fingerprint density at radius 1 is 1.50 bits per heavy atom. The summed E-state index contributed by atoms with van der Waals surface area (Å²) >= 11 is 0. The molecule has 0 spiro atoms. The van der Waals surface area contributed by atoms with Crippen LogP contribution in [-0.4, -0.2) is 23.3 Å². The number of carbonyl (C=O) groups is 1. The van der Waals surface area contributed by atoms with E-state index < -0.39 is 0 Å². The number of hydrogen-bond donors (Lipinski definition) is 1. The number of aliphatic hydroxyl groups excluding tert-OH is 1. The van der Waals surface area contributed by atoms with E-state index in [4.69, 9.17) is 4.74 Å². The van der Waals surface area contributed by atoms with Crippen LogP contribution in [0.1, 0.15) is 19.8 Å². The van der Waals surface area contributed by atoms with E-state index >= 15 is 0 Å². The predicted octanol–water partition coefficient (Wildman–Crippen LogP) is -2.48. The molecule has 2 radical (unpaired) electrons. The second-order valence-electron chi connectivity index (χ2n) is 3.73. The van der Waals surface area contributed by atoms with Crippen molar-refractivity contribution < 1.29 is 54.7 Å². The maximum Gasteiger partial charge on any atom is 1.00 e. The van der Waals surface area contributed by atoms with Crippen LogP contribution in [0.2, 0.25) is 0 Å². The molecule has 1 N–H and O–H groups in total. The minimum atomic E-state index is -0.260. The number of esters is 1. The average Bonchev–Trinajstić information content (AvgIpc) is 2.43. The molecule has 2 rings (SSSR count). The number of aliphatic hydroxyl groups is 1. The van der Waals surface area contributed by atoms with E-state index in [0.29, 0.717) is 5.92 Å². The molecule has 0 saturated heterocycles. The molecule has 4 atom stereocenters. The van der Waals surface area contributed by atoms with Gasteiger partial charge in [-0.3, -0.25) is 4.79 Å². The van der Waals surface area contributed by atoms with Crippen LogP contribution in [0.4, 0.5) is 0 Å². The fourth-order valence-corrected chi connectivity index (χ4v) is 2.33. The van der Waals surface area contributed by atoms with Crippen LogP contribution >= 0.6 is 0 Å². The number of carbonyl (C=O) groups excluding carboxylic acids is 1. The predicted molar refractivity (Wildman–Crippen MR) is 42.1 cm³/mol. The average molecular weight is 405 g/mol. The summed E-state index contributed by atoms with van der Waals surface area (Å²) in [5, 5.41) is 9.49. The molecule has 0 aliphatic heterocycles. The van der Waals surface area contributed by atoms with Crippen LogP contribution in [0, 0.1) is 18.3 Å². The van der Waals surface area contributed by atoms with E-state index in [-0.39, 0.29) is 64.2 Å². The summed E-state index contributed by atoms with van der Waals surface area (Å²) in [5.74, 6) is 0.379. The quantitative estimate of drug-likeness (QED) is 0.389. The van der Waals surface area contributed by atoms with E-state index in [1.54, 1.807) is 0 Å². The first-order valence-corrected chi connectivity index (χ1v) is 4.37. The van der Waals surface area contributed by atoms with Gasteiger partial charge in [0.15, 0.2) is 0 Å². The number of rotatable bonds is 1. The van der Waals surface area contributed by atoms with Crippen molar-refractivity contribution in [2.45, 2.75) is 32.0 Å². The second kappa shape index (κ2) is 5.66. The summed E-state index contributed by atoms with van der Waals surface area (Å²) in [5.41, 5.74) is 0. The molecule has 0 aromatic carbocycles. The molecule has 14 heavy (non-hydrogen) atoms. The van der Waals surface area contributed by atoms with Gasteiger partial charge in [0, 0.05) is 19.3 Å². The fraction of sp³-hybridized carbons (Fsp3) is 0.778. The van der Waals surface area contributed by atoms with E-state index in [9.17, 15) is 9.90 Å². The summed E-state index contributed by atoms with van der Waals surface area (Å²) in [6.07, 6.45) is 3.50. The Morgan fingerprint density at radius 2 is 2.14 bits per heavy atom. The van der Waals surface area contributed by atoms with Gasteiger partial charge < -0.3 is 22.3 Å². The normalized spacial score (nSPS) is 38.4. The van der Waals surface area contributed by atoms with E-state index in [2.05, 4.69) is 6.42 Å². The molecule has 2 fully saturated rings. The molecular weight excluding hydrogens is 392 g/mol. The van der Waals surface area contributed by atoms with Crippen LogP contribution < -0.4 is 12.4 Å². The first kappa shape index (κ1) is 14.7. The minimum Gasteiger partial charge on any atom is -1.00 e. The third-order valence-corrected chi connectivity index (χ3v) is 2.80. The van der Waals surface area contributed by atoms with Crippen molar-refractivity contribution in [3.63, 3.8) is 0 Å². The topological polar surface area (TPSA) is 46.5 Å². The zero-order chi connectivity index (χ0) is 8.72. The molecule has 3 nitrogen and oxygen atoms in total. The summed E-state index contributed by atoms with van der Waals surface area (Å²) in [4.78, 5) is 10.7. The molecule has 0 aromatic rings. The zero-order valence-electron chi connectivity index (χ0n) is 8.15. The van der Waals surface area contributed by atoms with E-state index in [1.165, 1.54) is 6.92 Å². The number of ether oxygens (including phenoxy) is 1. The first-order valence-electron chi connectivity index (χ1n) is 4.37. The van der Waals surface area contributed by atoms with Crippen LogP contribution in [-0.2, 0) is 37.2 Å². The van der Waals surface area contributed by atoms with Gasteiger partial charge in [-0.1, -0.05) is 0 Å². The third kappa shape index (κ3) is 2.83. The van der Waals surface area contributed by atoms with Gasteiger partial charge in [0.25, 0.3) is 0 Å². The molecule has 2 bridgehead atoms. The van der Waals surface area contributed by atoms with E-state index in [1.807, 2.05) is 0 Å². The van der Waals surface area contributed by atoms with Crippen LogP contribution in [0.3, 0.4) is 0 Å². The van der Waals surface area contributed by atoms with Gasteiger partial charge in [-0.2, -0.15) is 0 Å². The van der Waals surface area contributed by atoms with Gasteiger partial charge in [-0.15, -0.1) is 0 Å². The number of halogens is 1. The molecule has 2 aliphatic rings. The summed E-state index contributed by atoms with van der Waals surface area (Å²) < 4.78 is 5.06. The van der Waals surface area contributed by atoms with Crippen LogP contribution in [0.5, 0.6) is 0 Å². The van der Waals surface area contributed by atoms with Crippen molar-refractivity contribution >= 4 is 5.97 Å². The summed E-state index contributed by atoms with van der Waals surface area (Å²) in [6, 6.07) is 0. The van der Waals surface area contributed by atoms with Gasteiger partial charge >= 0.3 is 33.6 Å². The molecule has 0 unspecified atom stereocenters. The monoisotopic (exact) mass is 406 g/mol. The van der Waals surface area contributed by atoms with Crippen LogP contribution in [0.25, 0.3) is 0 Å². The first-order chi connectivity index (χ1) is 5.66. The fourth-order valence-electron chi connectivity index (χ4n) is 2.33. The largest absolute Gasteiger partial charge is 1.00 e. The van der Waals surface area contributed by atoms with Gasteiger partial charge in [-0.25, -0.2) is 0 Å². The smallest absolute Gasteiger partial charge is 1.00 e. The number of hydrogen-bond acceptors (Lipinski definition) is 3. The molecule has 0 amide bonds. The standard InChI is InChI=1S/C9H13O3.ClH.Hg/c1-5(10)12-9-4-6-2-7(9)8(11)3-6;;/h4,6-9,11H,2-3H2,1H3;1H;/q;;+1/p-1/t6-,7+,8+,9-;;/m0../s1. The van der Waals surface area contributed by atoms with Gasteiger partial charge in [-0.05, 0) is 18.8 Å². The molecule has 5 heteroatoms. The van der Waals surface area contributed by atoms with Crippen molar-refractivity contribution in [2.75, 3.05) is 0 Å². The van der Waals surface area contributed by atoms with Crippen molar-refractivity contribution in [3.05, 3.63) is 6.42 Å². The maximum absolute atomic E-state index is 10.7. The molecule has 2 saturated carbocycles. The summed E-state index contributed by atoms with van der Waals surface area (Å²) in [7, 11) is 0. The molecule has 76 valence electrons. The van der Waals surface area contributed by atoms with Crippen LogP contribution in [0.15, 0.2) is 0 Å². The van der Waals surface area contributed by atoms with Gasteiger partial charge in [0.1, 0.15) is 6.10 Å². The third-order valence-electron chi connectivity index (χ3n) is 2.80. The van der Waals surface area contributed by atoms with E-state index in [0.717, 1.165) is 12.8 Å². The maximum atomic E-state index is 10.7. The second-order valence-corrected chi connectivity index (χ2v) is 3.73. The van der Waals surface area contributed by atoms with Crippen molar-refractivity contribution in [1.29, 1.82) is 0 Å². The van der Waals surface area contributed by atoms with Crippen molar-refractivity contribution in [2.24, 2.45) is 11.8 Å². The Labute approximate surface area is 111 Å². The Kier molecular flexibility index (Phi) is 5.93. The molecule has 2 aliphatic carbocycles.